The van der Waals surface area contributed by atoms with E-state index < -0.39 is 18.0 Å². The highest BCUT2D eigenvalue weighted by molar-refractivity contribution is 6.30. The molecule has 0 bridgehead atoms. The van der Waals surface area contributed by atoms with E-state index in [1.54, 1.807) is 12.1 Å². The monoisotopic (exact) mass is 294 g/mol. The highest BCUT2D eigenvalue weighted by atomic mass is 35.5. The molecule has 2 atom stereocenters. The molecule has 0 fully saturated rings. The molecule has 106 valence electrons. The van der Waals surface area contributed by atoms with Crippen molar-refractivity contribution in [3.8, 4) is 0 Å². The van der Waals surface area contributed by atoms with Crippen LogP contribution in [0.1, 0.15) is 17.2 Å². The van der Waals surface area contributed by atoms with Crippen LogP contribution in [0.15, 0.2) is 48.5 Å². The first-order valence-electron chi connectivity index (χ1n) is 6.31. The Hall–Kier alpha value is -1.42. The third-order valence-corrected chi connectivity index (χ3v) is 3.41. The first-order valence-corrected chi connectivity index (χ1v) is 6.69. The molecule has 0 spiro atoms. The Balaban J connectivity index is 2.15. The Morgan fingerprint density at radius 3 is 2.50 bits per heavy atom. The highest BCUT2D eigenvalue weighted by Gasteiger charge is 2.22. The molecule has 2 nitrogen and oxygen atoms in total. The third kappa shape index (κ3) is 3.57. The number of halogens is 2. The molecule has 2 rings (SSSR count). The first kappa shape index (κ1) is 15.0. The van der Waals surface area contributed by atoms with E-state index in [1.165, 1.54) is 13.2 Å². The fourth-order valence-corrected chi connectivity index (χ4v) is 2.34. The molecule has 0 aromatic heterocycles. The Labute approximate surface area is 122 Å². The lowest BCUT2D eigenvalue weighted by Crippen LogP contribution is -2.23. The van der Waals surface area contributed by atoms with Gasteiger partial charge in [0.1, 0.15) is 11.9 Å². The van der Waals surface area contributed by atoms with Crippen LogP contribution < -0.4 is 0 Å². The maximum absolute atomic E-state index is 13.7. The zero-order valence-corrected chi connectivity index (χ0v) is 11.8. The van der Waals surface area contributed by atoms with Gasteiger partial charge in [-0.25, -0.2) is 4.39 Å². The van der Waals surface area contributed by atoms with Crippen LogP contribution in [0.5, 0.6) is 0 Å². The van der Waals surface area contributed by atoms with Crippen molar-refractivity contribution in [1.82, 2.24) is 0 Å². The zero-order valence-electron chi connectivity index (χ0n) is 11.1. The summed E-state index contributed by atoms with van der Waals surface area (Å²) in [6, 6.07) is 13.8. The van der Waals surface area contributed by atoms with Crippen LogP contribution in [0.2, 0.25) is 5.02 Å². The quantitative estimate of drug-likeness (QED) is 0.909. The lowest BCUT2D eigenvalue weighted by molar-refractivity contribution is -0.0131. The second kappa shape index (κ2) is 6.84. The second-order valence-electron chi connectivity index (χ2n) is 4.57. The molecule has 0 heterocycles. The average molecular weight is 295 g/mol. The number of benzene rings is 2. The number of aliphatic hydroxyl groups is 1. The summed E-state index contributed by atoms with van der Waals surface area (Å²) < 4.78 is 19.1. The summed E-state index contributed by atoms with van der Waals surface area (Å²) in [5.41, 5.74) is 1.27. The summed E-state index contributed by atoms with van der Waals surface area (Å²) >= 11 is 5.71. The van der Waals surface area contributed by atoms with Crippen molar-refractivity contribution in [3.63, 3.8) is 0 Å². The standard InChI is InChI=1S/C16H16ClFO2/c1-20-16(11-5-3-2-4-6-11)15(19)9-12-7-8-13(17)10-14(12)18/h2-8,10,15-16,19H,9H2,1H3. The minimum absolute atomic E-state index is 0.163. The maximum Gasteiger partial charge on any atom is 0.127 e. The SMILES string of the molecule is COC(c1ccccc1)C(O)Cc1ccc(Cl)cc1F. The highest BCUT2D eigenvalue weighted by Crippen LogP contribution is 2.24. The van der Waals surface area contributed by atoms with E-state index in [-0.39, 0.29) is 6.42 Å². The molecule has 0 radical (unpaired) electrons. The average Bonchev–Trinajstić information content (AvgIpc) is 2.44. The zero-order chi connectivity index (χ0) is 14.5. The molecule has 20 heavy (non-hydrogen) atoms. The molecule has 2 aromatic rings. The van der Waals surface area contributed by atoms with Crippen LogP contribution in [0.4, 0.5) is 4.39 Å². The van der Waals surface area contributed by atoms with Crippen LogP contribution >= 0.6 is 11.6 Å². The largest absolute Gasteiger partial charge is 0.390 e. The van der Waals surface area contributed by atoms with Crippen molar-refractivity contribution in [2.24, 2.45) is 0 Å². The van der Waals surface area contributed by atoms with E-state index in [2.05, 4.69) is 0 Å². The molecule has 0 aliphatic heterocycles. The van der Waals surface area contributed by atoms with Gasteiger partial charge in [0, 0.05) is 18.6 Å². The lowest BCUT2D eigenvalue weighted by Gasteiger charge is -2.22. The van der Waals surface area contributed by atoms with E-state index in [4.69, 9.17) is 16.3 Å². The summed E-state index contributed by atoms with van der Waals surface area (Å²) in [5.74, 6) is -0.417. The molecule has 1 N–H and O–H groups in total. The Kier molecular flexibility index (Phi) is 5.12. The van der Waals surface area contributed by atoms with Crippen molar-refractivity contribution in [1.29, 1.82) is 0 Å². The second-order valence-corrected chi connectivity index (χ2v) is 5.01. The summed E-state index contributed by atoms with van der Waals surface area (Å²) in [6.45, 7) is 0. The van der Waals surface area contributed by atoms with Gasteiger partial charge in [-0.05, 0) is 23.3 Å². The third-order valence-electron chi connectivity index (χ3n) is 3.18. The molecule has 2 unspecified atom stereocenters. The molecule has 0 amide bonds. The minimum Gasteiger partial charge on any atom is -0.390 e. The van der Waals surface area contributed by atoms with Crippen molar-refractivity contribution in [2.75, 3.05) is 7.11 Å². The van der Waals surface area contributed by atoms with Crippen molar-refractivity contribution >= 4 is 11.6 Å². The minimum atomic E-state index is -0.835. The van der Waals surface area contributed by atoms with Crippen molar-refractivity contribution < 1.29 is 14.2 Å². The molecular weight excluding hydrogens is 279 g/mol. The van der Waals surface area contributed by atoms with Crippen LogP contribution in [0, 0.1) is 5.82 Å². The van der Waals surface area contributed by atoms with E-state index >= 15 is 0 Å². The number of ether oxygens (including phenoxy) is 1. The number of aliphatic hydroxyl groups excluding tert-OH is 1. The van der Waals surface area contributed by atoms with Crippen LogP contribution in [0.3, 0.4) is 0 Å². The van der Waals surface area contributed by atoms with Gasteiger partial charge >= 0.3 is 0 Å². The number of hydrogen-bond donors (Lipinski definition) is 1. The van der Waals surface area contributed by atoms with Gasteiger partial charge in [0.05, 0.1) is 6.10 Å². The van der Waals surface area contributed by atoms with Gasteiger partial charge in [-0.3, -0.25) is 0 Å². The topological polar surface area (TPSA) is 29.5 Å². The molecule has 4 heteroatoms. The van der Waals surface area contributed by atoms with Crippen LogP contribution in [-0.4, -0.2) is 18.3 Å². The van der Waals surface area contributed by atoms with Crippen molar-refractivity contribution in [2.45, 2.75) is 18.6 Å². The van der Waals surface area contributed by atoms with Gasteiger partial charge in [0.15, 0.2) is 0 Å². The van der Waals surface area contributed by atoms with Gasteiger partial charge in [-0.2, -0.15) is 0 Å². The lowest BCUT2D eigenvalue weighted by atomic mass is 9.98. The van der Waals surface area contributed by atoms with Gasteiger partial charge in [-0.1, -0.05) is 48.0 Å². The van der Waals surface area contributed by atoms with Gasteiger partial charge in [0.25, 0.3) is 0 Å². The molecular formula is C16H16ClFO2. The predicted octanol–water partition coefficient (Wildman–Crippen LogP) is 3.77. The predicted molar refractivity (Wildman–Crippen MR) is 77.3 cm³/mol. The van der Waals surface area contributed by atoms with E-state index in [0.717, 1.165) is 5.56 Å². The fourth-order valence-electron chi connectivity index (χ4n) is 2.18. The van der Waals surface area contributed by atoms with Crippen LogP contribution in [-0.2, 0) is 11.2 Å². The fraction of sp³-hybridized carbons (Fsp3) is 0.250. The smallest absolute Gasteiger partial charge is 0.127 e. The summed E-state index contributed by atoms with van der Waals surface area (Å²) in [5, 5.41) is 10.6. The Bertz CT molecular complexity index is 560. The van der Waals surface area contributed by atoms with E-state index in [9.17, 15) is 9.50 Å². The number of hydrogen-bond acceptors (Lipinski definition) is 2. The molecule has 0 aliphatic rings. The molecule has 2 aromatic carbocycles. The molecule has 0 saturated carbocycles. The van der Waals surface area contributed by atoms with Gasteiger partial charge < -0.3 is 9.84 Å². The number of rotatable bonds is 5. The van der Waals surface area contributed by atoms with E-state index in [1.807, 2.05) is 30.3 Å². The molecule has 0 saturated heterocycles. The summed E-state index contributed by atoms with van der Waals surface area (Å²) in [6.07, 6.45) is -1.17. The maximum atomic E-state index is 13.7. The Morgan fingerprint density at radius 1 is 1.20 bits per heavy atom. The Morgan fingerprint density at radius 2 is 1.90 bits per heavy atom. The van der Waals surface area contributed by atoms with Gasteiger partial charge in [0.2, 0.25) is 0 Å². The first-order chi connectivity index (χ1) is 9.61. The van der Waals surface area contributed by atoms with E-state index in [0.29, 0.717) is 10.6 Å². The normalized spacial score (nSPS) is 14.0. The van der Waals surface area contributed by atoms with Gasteiger partial charge in [-0.15, -0.1) is 0 Å². The molecule has 0 aliphatic carbocycles. The number of methoxy groups -OCH3 is 1. The van der Waals surface area contributed by atoms with Crippen LogP contribution in [0.25, 0.3) is 0 Å². The summed E-state index contributed by atoms with van der Waals surface area (Å²) in [4.78, 5) is 0. The summed E-state index contributed by atoms with van der Waals surface area (Å²) in [7, 11) is 1.53. The van der Waals surface area contributed by atoms with Crippen molar-refractivity contribution in [3.05, 3.63) is 70.5 Å².